The first-order valence-corrected chi connectivity index (χ1v) is 20.4. The van der Waals surface area contributed by atoms with Gasteiger partial charge in [-0.2, -0.15) is 31.4 Å². The molecule has 20 heteroatoms. The number of nitrogens with zero attached hydrogens (tertiary/aromatic N) is 5. The number of amides is 1. The van der Waals surface area contributed by atoms with Gasteiger partial charge in [0.05, 0.1) is 30.2 Å². The fourth-order valence-electron chi connectivity index (χ4n) is 5.51. The van der Waals surface area contributed by atoms with E-state index in [1.54, 1.807) is 4.90 Å². The minimum atomic E-state index is -4.98. The molecule has 0 aromatic carbocycles. The number of aromatic nitrogens is 4. The number of anilines is 2. The molecule has 2 fully saturated rings. The molecule has 2 saturated heterocycles. The Hall–Kier alpha value is -3.33. The molecule has 51 heavy (non-hydrogen) atoms. The van der Waals surface area contributed by atoms with E-state index in [1.165, 1.54) is 6.92 Å². The van der Waals surface area contributed by atoms with Crippen LogP contribution in [0.2, 0.25) is 25.7 Å². The van der Waals surface area contributed by atoms with Crippen LogP contribution < -0.4 is 21.3 Å². The third kappa shape index (κ3) is 12.4. The average molecular weight is 754 g/mol. The number of halogens is 6. The smallest absolute Gasteiger partial charge is 0.378 e. The summed E-state index contributed by atoms with van der Waals surface area (Å²) in [6, 6.07) is -0.0192. The molecule has 2 aliphatic heterocycles. The Kier molecular flexibility index (Phi) is 13.8. The normalized spacial score (nSPS) is 21.0. The predicted molar refractivity (Wildman–Crippen MR) is 175 cm³/mol. The Bertz CT molecular complexity index is 1490. The molecule has 0 saturated carbocycles. The lowest BCUT2D eigenvalue weighted by molar-refractivity contribution is -0.200. The highest BCUT2D eigenvalue weighted by Crippen LogP contribution is 2.33. The number of rotatable bonds is 15. The number of hydrogen-bond donors (Lipinski definition) is 2. The zero-order valence-corrected chi connectivity index (χ0v) is 30.0. The van der Waals surface area contributed by atoms with Gasteiger partial charge in [-0.05, 0) is 44.6 Å². The number of hydroxylamine groups is 1. The SMILES string of the molecule is CC(CONC(=O)CC1CCN(c2ncc(C(F)(F)F)cn2)CC1OC1CCCCO1)Nc1cnn(COCC[Si](C)(C)C)c(=O)c1C(F)(F)F. The molecule has 0 bridgehead atoms. The molecule has 0 aliphatic carbocycles. The van der Waals surface area contributed by atoms with Crippen LogP contribution in [0, 0.1) is 5.92 Å². The van der Waals surface area contributed by atoms with Crippen LogP contribution in [0.15, 0.2) is 23.4 Å². The molecule has 2 aromatic heterocycles. The summed E-state index contributed by atoms with van der Waals surface area (Å²) in [6.07, 6.45) is -5.49. The molecule has 2 aliphatic rings. The number of alkyl halides is 6. The number of piperidine rings is 1. The summed E-state index contributed by atoms with van der Waals surface area (Å²) < 4.78 is 98.8. The van der Waals surface area contributed by atoms with E-state index in [0.717, 1.165) is 37.5 Å². The van der Waals surface area contributed by atoms with Gasteiger partial charge in [0, 0.05) is 59.2 Å². The summed E-state index contributed by atoms with van der Waals surface area (Å²) in [5.74, 6) is -0.744. The lowest BCUT2D eigenvalue weighted by Crippen LogP contribution is -2.49. The van der Waals surface area contributed by atoms with E-state index in [2.05, 4.69) is 45.5 Å². The standard InChI is InChI=1S/C31H45F6N7O6Si/c1-20(41-23-16-40-44(19-47-11-12-51(2,3)4)28(46)27(23)31(35,36)37)18-49-42-25(45)13-21-8-9-43(17-24(21)50-26-7-5-6-10-48-26)29-38-14-22(15-39-29)30(32,33)34/h14-16,20-21,24,26,41H,5-13,17-19H2,1-4H3,(H,42,45). The van der Waals surface area contributed by atoms with E-state index in [9.17, 15) is 35.9 Å². The summed E-state index contributed by atoms with van der Waals surface area (Å²) >= 11 is 0. The fourth-order valence-corrected chi connectivity index (χ4v) is 6.26. The highest BCUT2D eigenvalue weighted by molar-refractivity contribution is 6.76. The number of nitrogens with one attached hydrogen (secondary N) is 2. The molecule has 0 radical (unpaired) electrons. The zero-order valence-electron chi connectivity index (χ0n) is 29.0. The van der Waals surface area contributed by atoms with Crippen molar-refractivity contribution in [2.24, 2.45) is 5.92 Å². The van der Waals surface area contributed by atoms with Crippen LogP contribution >= 0.6 is 0 Å². The summed E-state index contributed by atoms with van der Waals surface area (Å²) in [4.78, 5) is 40.4. The number of ether oxygens (including phenoxy) is 3. The van der Waals surface area contributed by atoms with Gasteiger partial charge in [0.1, 0.15) is 12.3 Å². The number of carbonyl (C=O) groups is 1. The molecule has 1 amide bonds. The van der Waals surface area contributed by atoms with Crippen molar-refractivity contribution in [3.8, 4) is 0 Å². The summed E-state index contributed by atoms with van der Waals surface area (Å²) in [5.41, 5.74) is -1.98. The van der Waals surface area contributed by atoms with Crippen molar-refractivity contribution in [3.63, 3.8) is 0 Å². The van der Waals surface area contributed by atoms with Gasteiger partial charge >= 0.3 is 12.4 Å². The lowest BCUT2D eigenvalue weighted by Gasteiger charge is -2.40. The van der Waals surface area contributed by atoms with E-state index >= 15 is 0 Å². The Labute approximate surface area is 292 Å². The highest BCUT2D eigenvalue weighted by Gasteiger charge is 2.39. The second-order valence-corrected chi connectivity index (χ2v) is 19.5. The van der Waals surface area contributed by atoms with Gasteiger partial charge in [0.25, 0.3) is 5.56 Å². The van der Waals surface area contributed by atoms with Crippen molar-refractivity contribution in [1.29, 1.82) is 0 Å². The second kappa shape index (κ2) is 17.5. The first-order valence-electron chi connectivity index (χ1n) is 16.7. The van der Waals surface area contributed by atoms with Crippen LogP contribution in [0.25, 0.3) is 0 Å². The first kappa shape index (κ1) is 40.4. The van der Waals surface area contributed by atoms with Crippen molar-refractivity contribution in [2.75, 3.05) is 43.1 Å². The van der Waals surface area contributed by atoms with E-state index in [0.29, 0.717) is 37.3 Å². The fraction of sp³-hybridized carbons (Fsp3) is 0.710. The second-order valence-electron chi connectivity index (χ2n) is 13.9. The first-order chi connectivity index (χ1) is 23.9. The average Bonchev–Trinajstić information content (AvgIpc) is 3.04. The van der Waals surface area contributed by atoms with Gasteiger partial charge in [-0.25, -0.2) is 20.1 Å². The predicted octanol–water partition coefficient (Wildman–Crippen LogP) is 5.06. The Morgan fingerprint density at radius 3 is 2.43 bits per heavy atom. The highest BCUT2D eigenvalue weighted by atomic mass is 28.3. The van der Waals surface area contributed by atoms with Crippen LogP contribution in [-0.4, -0.2) is 85.1 Å². The third-order valence-electron chi connectivity index (χ3n) is 8.31. The van der Waals surface area contributed by atoms with E-state index in [4.69, 9.17) is 19.0 Å². The van der Waals surface area contributed by atoms with E-state index < -0.39 is 73.9 Å². The Morgan fingerprint density at radius 1 is 1.08 bits per heavy atom. The summed E-state index contributed by atoms with van der Waals surface area (Å²) in [5, 5.41) is 6.43. The topological polar surface area (TPSA) is 142 Å². The lowest BCUT2D eigenvalue weighted by atomic mass is 9.90. The number of hydrogen-bond acceptors (Lipinski definition) is 11. The van der Waals surface area contributed by atoms with Crippen molar-refractivity contribution < 1.29 is 50.2 Å². The van der Waals surface area contributed by atoms with Crippen LogP contribution in [-0.2, 0) is 42.9 Å². The van der Waals surface area contributed by atoms with Crippen LogP contribution in [0.3, 0.4) is 0 Å². The van der Waals surface area contributed by atoms with Gasteiger partial charge in [-0.3, -0.25) is 14.4 Å². The van der Waals surface area contributed by atoms with Crippen molar-refractivity contribution in [2.45, 2.75) is 102 Å². The summed E-state index contributed by atoms with van der Waals surface area (Å²) in [6.45, 7) is 8.54. The minimum Gasteiger partial charge on any atom is -0.378 e. The molecule has 4 heterocycles. The molecule has 4 unspecified atom stereocenters. The minimum absolute atomic E-state index is 0.0404. The van der Waals surface area contributed by atoms with Gasteiger partial charge in [0.2, 0.25) is 11.9 Å². The number of carbonyl (C=O) groups excluding carboxylic acids is 1. The molecule has 2 N–H and O–H groups in total. The molecule has 13 nitrogen and oxygen atoms in total. The van der Waals surface area contributed by atoms with Crippen LogP contribution in [0.1, 0.15) is 50.2 Å². The molecule has 4 rings (SSSR count). The monoisotopic (exact) mass is 753 g/mol. The molecule has 4 atom stereocenters. The van der Waals surface area contributed by atoms with Gasteiger partial charge in [-0.1, -0.05) is 19.6 Å². The maximum Gasteiger partial charge on any atom is 0.423 e. The molecular formula is C31H45F6N7O6Si. The van der Waals surface area contributed by atoms with Crippen LogP contribution in [0.5, 0.6) is 0 Å². The van der Waals surface area contributed by atoms with E-state index in [1.807, 2.05) is 0 Å². The Morgan fingerprint density at radius 2 is 1.80 bits per heavy atom. The van der Waals surface area contributed by atoms with Gasteiger partial charge in [0.15, 0.2) is 6.29 Å². The summed E-state index contributed by atoms with van der Waals surface area (Å²) in [7, 11) is -1.44. The van der Waals surface area contributed by atoms with Gasteiger partial charge in [-0.15, -0.1) is 0 Å². The third-order valence-corrected chi connectivity index (χ3v) is 10.0. The molecule has 2 aromatic rings. The maximum absolute atomic E-state index is 14.0. The Balaban J connectivity index is 1.31. The van der Waals surface area contributed by atoms with Crippen molar-refractivity contribution >= 4 is 25.6 Å². The molecule has 286 valence electrons. The van der Waals surface area contributed by atoms with Crippen molar-refractivity contribution in [3.05, 3.63) is 40.1 Å². The maximum atomic E-state index is 14.0. The van der Waals surface area contributed by atoms with Gasteiger partial charge < -0.3 is 24.4 Å². The molecular weight excluding hydrogens is 708 g/mol. The molecule has 0 spiro atoms. The van der Waals surface area contributed by atoms with Crippen LogP contribution in [0.4, 0.5) is 38.0 Å². The quantitative estimate of drug-likeness (QED) is 0.109. The van der Waals surface area contributed by atoms with E-state index in [-0.39, 0.29) is 31.4 Å². The van der Waals surface area contributed by atoms with Crippen molar-refractivity contribution in [1.82, 2.24) is 25.2 Å². The largest absolute Gasteiger partial charge is 0.423 e. The zero-order chi connectivity index (χ0) is 37.4.